The monoisotopic (exact) mass is 295 g/mol. The Morgan fingerprint density at radius 2 is 2.25 bits per heavy atom. The van der Waals surface area contributed by atoms with Crippen LogP contribution in [0.15, 0.2) is 21.3 Å². The Hall–Kier alpha value is -1.73. The second-order valence-electron chi connectivity index (χ2n) is 5.44. The molecule has 0 aromatic carbocycles. The molecule has 2 aromatic rings. The molecule has 2 aromatic heterocycles. The van der Waals surface area contributed by atoms with Crippen molar-refractivity contribution in [3.05, 3.63) is 22.7 Å². The normalized spacial score (nSPS) is 12.0. The number of thiophene rings is 1. The van der Waals surface area contributed by atoms with Gasteiger partial charge in [0, 0.05) is 16.5 Å². The van der Waals surface area contributed by atoms with Gasteiger partial charge in [-0.1, -0.05) is 5.16 Å². The predicted octanol–water partition coefficient (Wildman–Crippen LogP) is 2.48. The molecule has 20 heavy (non-hydrogen) atoms. The van der Waals surface area contributed by atoms with Gasteiger partial charge in [-0.3, -0.25) is 9.69 Å². The molecule has 2 heterocycles. The van der Waals surface area contributed by atoms with E-state index in [4.69, 9.17) is 9.63 Å². The first kappa shape index (κ1) is 14.7. The number of rotatable bonds is 5. The molecule has 0 saturated carbocycles. The summed E-state index contributed by atoms with van der Waals surface area (Å²) >= 11 is 1.56. The molecule has 0 aliphatic heterocycles. The standard InChI is InChI=1S/C13H17N3O3S/c1-13(2,3)16(7-11(17)18)6-10-14-12(15-19-10)9-4-5-20-8-9/h4-5,8H,6-7H2,1-3H3,(H,17,18). The maximum absolute atomic E-state index is 10.9. The molecule has 0 amide bonds. The maximum Gasteiger partial charge on any atom is 0.317 e. The predicted molar refractivity (Wildman–Crippen MR) is 75.4 cm³/mol. The second-order valence-corrected chi connectivity index (χ2v) is 6.22. The summed E-state index contributed by atoms with van der Waals surface area (Å²) in [6, 6.07) is 1.91. The topological polar surface area (TPSA) is 79.5 Å². The van der Waals surface area contributed by atoms with Crippen LogP contribution in [0.4, 0.5) is 0 Å². The Bertz CT molecular complexity index is 572. The fourth-order valence-corrected chi connectivity index (χ4v) is 2.32. The molecular weight excluding hydrogens is 278 g/mol. The van der Waals surface area contributed by atoms with Crippen molar-refractivity contribution < 1.29 is 14.4 Å². The Kier molecular flexibility index (Phi) is 4.20. The van der Waals surface area contributed by atoms with E-state index in [1.54, 1.807) is 16.2 Å². The third kappa shape index (κ3) is 3.64. The minimum Gasteiger partial charge on any atom is -0.480 e. The zero-order valence-corrected chi connectivity index (χ0v) is 12.5. The van der Waals surface area contributed by atoms with Gasteiger partial charge in [-0.25, -0.2) is 0 Å². The molecule has 2 rings (SSSR count). The van der Waals surface area contributed by atoms with E-state index in [2.05, 4.69) is 10.1 Å². The quantitative estimate of drug-likeness (QED) is 0.913. The molecular formula is C13H17N3O3S. The number of aromatic nitrogens is 2. The van der Waals surface area contributed by atoms with Crippen LogP contribution in [0.3, 0.4) is 0 Å². The second kappa shape index (κ2) is 5.72. The molecule has 0 atom stereocenters. The van der Waals surface area contributed by atoms with Crippen LogP contribution in [-0.2, 0) is 11.3 Å². The largest absolute Gasteiger partial charge is 0.480 e. The lowest BCUT2D eigenvalue weighted by Gasteiger charge is -2.32. The highest BCUT2D eigenvalue weighted by Gasteiger charge is 2.25. The number of carboxylic acid groups (broad SMARTS) is 1. The van der Waals surface area contributed by atoms with Gasteiger partial charge in [0.15, 0.2) is 0 Å². The third-order valence-corrected chi connectivity index (χ3v) is 3.53. The Balaban J connectivity index is 2.13. The van der Waals surface area contributed by atoms with E-state index in [-0.39, 0.29) is 12.1 Å². The lowest BCUT2D eigenvalue weighted by Crippen LogP contribution is -2.43. The lowest BCUT2D eigenvalue weighted by molar-refractivity contribution is -0.140. The average Bonchev–Trinajstić information content (AvgIpc) is 2.95. The molecule has 0 saturated heterocycles. The van der Waals surface area contributed by atoms with Crippen molar-refractivity contribution in [2.45, 2.75) is 32.9 Å². The minimum atomic E-state index is -0.877. The molecule has 0 fully saturated rings. The van der Waals surface area contributed by atoms with Crippen molar-refractivity contribution in [2.24, 2.45) is 0 Å². The van der Waals surface area contributed by atoms with Crippen molar-refractivity contribution in [3.8, 4) is 11.4 Å². The number of nitrogens with zero attached hydrogens (tertiary/aromatic N) is 3. The highest BCUT2D eigenvalue weighted by molar-refractivity contribution is 7.08. The van der Waals surface area contributed by atoms with Gasteiger partial charge in [0.25, 0.3) is 0 Å². The van der Waals surface area contributed by atoms with E-state index in [0.29, 0.717) is 18.3 Å². The van der Waals surface area contributed by atoms with Crippen LogP contribution in [0, 0.1) is 0 Å². The van der Waals surface area contributed by atoms with Crippen molar-refractivity contribution in [1.29, 1.82) is 0 Å². The van der Waals surface area contributed by atoms with E-state index in [1.165, 1.54) is 0 Å². The van der Waals surface area contributed by atoms with Crippen molar-refractivity contribution in [2.75, 3.05) is 6.54 Å². The van der Waals surface area contributed by atoms with Crippen LogP contribution in [0.25, 0.3) is 11.4 Å². The Morgan fingerprint density at radius 1 is 1.50 bits per heavy atom. The van der Waals surface area contributed by atoms with Crippen LogP contribution in [0.2, 0.25) is 0 Å². The van der Waals surface area contributed by atoms with Gasteiger partial charge in [0.1, 0.15) is 0 Å². The molecule has 0 aliphatic carbocycles. The van der Waals surface area contributed by atoms with Crippen LogP contribution < -0.4 is 0 Å². The number of carboxylic acids is 1. The lowest BCUT2D eigenvalue weighted by atomic mass is 10.1. The fourth-order valence-electron chi connectivity index (χ4n) is 1.68. The van der Waals surface area contributed by atoms with E-state index in [0.717, 1.165) is 5.56 Å². The maximum atomic E-state index is 10.9. The summed E-state index contributed by atoms with van der Waals surface area (Å²) in [6.45, 7) is 6.09. The molecule has 6 nitrogen and oxygen atoms in total. The highest BCUT2D eigenvalue weighted by Crippen LogP contribution is 2.21. The van der Waals surface area contributed by atoms with Crippen molar-refractivity contribution in [1.82, 2.24) is 15.0 Å². The third-order valence-electron chi connectivity index (χ3n) is 2.85. The van der Waals surface area contributed by atoms with Crippen LogP contribution in [0.1, 0.15) is 26.7 Å². The van der Waals surface area contributed by atoms with Crippen LogP contribution in [-0.4, -0.2) is 38.2 Å². The molecule has 7 heteroatoms. The average molecular weight is 295 g/mol. The first-order chi connectivity index (χ1) is 9.36. The zero-order valence-electron chi connectivity index (χ0n) is 11.7. The van der Waals surface area contributed by atoms with Gasteiger partial charge in [0.2, 0.25) is 11.7 Å². The number of hydrogen-bond donors (Lipinski definition) is 1. The molecule has 0 unspecified atom stereocenters. The number of aliphatic carboxylic acids is 1. The zero-order chi connectivity index (χ0) is 14.8. The van der Waals surface area contributed by atoms with Gasteiger partial charge in [-0.15, -0.1) is 0 Å². The molecule has 0 bridgehead atoms. The smallest absolute Gasteiger partial charge is 0.317 e. The van der Waals surface area contributed by atoms with E-state index < -0.39 is 5.97 Å². The minimum absolute atomic E-state index is 0.0698. The number of carbonyl (C=O) groups is 1. The van der Waals surface area contributed by atoms with Crippen molar-refractivity contribution in [3.63, 3.8) is 0 Å². The van der Waals surface area contributed by atoms with Gasteiger partial charge >= 0.3 is 5.97 Å². The first-order valence-electron chi connectivity index (χ1n) is 6.18. The summed E-state index contributed by atoms with van der Waals surface area (Å²) in [4.78, 5) is 17.0. The molecule has 0 radical (unpaired) electrons. The summed E-state index contributed by atoms with van der Waals surface area (Å²) in [7, 11) is 0. The fraction of sp³-hybridized carbons (Fsp3) is 0.462. The van der Waals surface area contributed by atoms with E-state index in [1.807, 2.05) is 37.6 Å². The first-order valence-corrected chi connectivity index (χ1v) is 7.12. The SMILES string of the molecule is CC(C)(C)N(CC(=O)O)Cc1nc(-c2ccsc2)no1. The number of hydrogen-bond acceptors (Lipinski definition) is 6. The Labute approximate surface area is 121 Å². The summed E-state index contributed by atoms with van der Waals surface area (Å²) in [5.74, 6) is 0.0744. The highest BCUT2D eigenvalue weighted by atomic mass is 32.1. The van der Waals surface area contributed by atoms with Crippen LogP contribution >= 0.6 is 11.3 Å². The van der Waals surface area contributed by atoms with Gasteiger partial charge in [-0.05, 0) is 32.2 Å². The summed E-state index contributed by atoms with van der Waals surface area (Å²) in [5.41, 5.74) is 0.612. The van der Waals surface area contributed by atoms with Gasteiger partial charge in [0.05, 0.1) is 13.1 Å². The molecule has 1 N–H and O–H groups in total. The Morgan fingerprint density at radius 3 is 2.80 bits per heavy atom. The van der Waals surface area contributed by atoms with Crippen molar-refractivity contribution >= 4 is 17.3 Å². The summed E-state index contributed by atoms with van der Waals surface area (Å²) in [6.07, 6.45) is 0. The summed E-state index contributed by atoms with van der Waals surface area (Å²) in [5, 5.41) is 16.8. The summed E-state index contributed by atoms with van der Waals surface area (Å²) < 4.78 is 5.20. The van der Waals surface area contributed by atoms with E-state index in [9.17, 15) is 4.79 Å². The van der Waals surface area contributed by atoms with Crippen LogP contribution in [0.5, 0.6) is 0 Å². The van der Waals surface area contributed by atoms with Gasteiger partial charge in [-0.2, -0.15) is 16.3 Å². The molecule has 108 valence electrons. The molecule has 0 aliphatic rings. The van der Waals surface area contributed by atoms with Gasteiger partial charge < -0.3 is 9.63 Å². The van der Waals surface area contributed by atoms with E-state index >= 15 is 0 Å². The molecule has 0 spiro atoms.